The molecule has 1 aromatic carbocycles. The van der Waals surface area contributed by atoms with Gasteiger partial charge < -0.3 is 11.1 Å². The Hall–Kier alpha value is -2.64. The molecule has 5 N–H and O–H groups in total. The van der Waals surface area contributed by atoms with E-state index in [1.807, 2.05) is 18.3 Å². The third-order valence-electron chi connectivity index (χ3n) is 5.11. The molecule has 1 saturated carbocycles. The first-order valence-corrected chi connectivity index (χ1v) is 10.5. The van der Waals surface area contributed by atoms with Gasteiger partial charge in [-0.2, -0.15) is 0 Å². The predicted octanol–water partition coefficient (Wildman–Crippen LogP) is 4.32. The first kappa shape index (κ1) is 18.7. The SMILES string of the molecule is CCc1cc2c(NC(C)c3ccc(N(N)/C=C(\N)C4CC4)cc3)ncnc2s1. The molecular formula is C21H26N6S. The molecule has 1 aliphatic carbocycles. The van der Waals surface area contributed by atoms with Crippen LogP contribution < -0.4 is 21.9 Å². The minimum atomic E-state index is 0.107. The highest BCUT2D eigenvalue weighted by Gasteiger charge is 2.24. The number of rotatable bonds is 7. The van der Waals surface area contributed by atoms with Crippen molar-refractivity contribution in [1.29, 1.82) is 0 Å². The van der Waals surface area contributed by atoms with Crippen LogP contribution in [-0.4, -0.2) is 9.97 Å². The molecule has 2 heterocycles. The van der Waals surface area contributed by atoms with Crippen molar-refractivity contribution >= 4 is 33.1 Å². The Labute approximate surface area is 169 Å². The number of nitrogens with zero attached hydrogens (tertiary/aromatic N) is 3. The van der Waals surface area contributed by atoms with Gasteiger partial charge in [-0.05, 0) is 49.9 Å². The van der Waals surface area contributed by atoms with Gasteiger partial charge in [0.25, 0.3) is 0 Å². The van der Waals surface area contributed by atoms with E-state index in [0.717, 1.165) is 39.4 Å². The number of thiophene rings is 1. The number of fused-ring (bicyclic) bond motifs is 1. The Morgan fingerprint density at radius 3 is 2.75 bits per heavy atom. The van der Waals surface area contributed by atoms with Crippen LogP contribution in [0.25, 0.3) is 10.2 Å². The van der Waals surface area contributed by atoms with Crippen LogP contribution in [0.2, 0.25) is 0 Å². The Kier molecular flexibility index (Phi) is 5.19. The highest BCUT2D eigenvalue weighted by atomic mass is 32.1. The summed E-state index contributed by atoms with van der Waals surface area (Å²) >= 11 is 1.72. The maximum Gasteiger partial charge on any atom is 0.138 e. The Morgan fingerprint density at radius 2 is 2.07 bits per heavy atom. The van der Waals surface area contributed by atoms with E-state index in [2.05, 4.69) is 47.3 Å². The third kappa shape index (κ3) is 3.95. The van der Waals surface area contributed by atoms with Crippen LogP contribution in [0, 0.1) is 5.92 Å². The minimum Gasteiger partial charge on any atom is -0.401 e. The standard InChI is InChI=1S/C21H26N6S/c1-3-17-10-18-20(24-12-25-21(18)28-17)26-13(2)14-6-8-16(9-7-14)27(23)11-19(22)15-4-5-15/h6-13,15H,3-5,22-23H2,1-2H3,(H,24,25,26)/b19-11-. The molecule has 0 aliphatic heterocycles. The summed E-state index contributed by atoms with van der Waals surface area (Å²) in [5.41, 5.74) is 8.99. The maximum absolute atomic E-state index is 6.13. The van der Waals surface area contributed by atoms with Crippen molar-refractivity contribution in [3.63, 3.8) is 0 Å². The molecule has 0 radical (unpaired) electrons. The van der Waals surface area contributed by atoms with Crippen molar-refractivity contribution in [3.05, 3.63) is 59.0 Å². The van der Waals surface area contributed by atoms with Crippen LogP contribution in [-0.2, 0) is 6.42 Å². The summed E-state index contributed by atoms with van der Waals surface area (Å²) in [6.07, 6.45) is 6.79. The second-order valence-electron chi connectivity index (χ2n) is 7.28. The van der Waals surface area contributed by atoms with Gasteiger partial charge in [0.05, 0.1) is 11.1 Å². The van der Waals surface area contributed by atoms with E-state index in [0.29, 0.717) is 5.92 Å². The summed E-state index contributed by atoms with van der Waals surface area (Å²) in [7, 11) is 0. The molecule has 6 nitrogen and oxygen atoms in total. The average Bonchev–Trinajstić information content (AvgIpc) is 3.47. The number of nitrogens with two attached hydrogens (primary N) is 2. The lowest BCUT2D eigenvalue weighted by Gasteiger charge is -2.18. The molecule has 7 heteroatoms. The third-order valence-corrected chi connectivity index (χ3v) is 6.30. The van der Waals surface area contributed by atoms with Crippen LogP contribution in [0.5, 0.6) is 0 Å². The summed E-state index contributed by atoms with van der Waals surface area (Å²) in [6, 6.07) is 10.5. The quantitative estimate of drug-likeness (QED) is 0.408. The van der Waals surface area contributed by atoms with Gasteiger partial charge in [-0.15, -0.1) is 11.3 Å². The van der Waals surface area contributed by atoms with Gasteiger partial charge in [0.2, 0.25) is 0 Å². The van der Waals surface area contributed by atoms with E-state index in [-0.39, 0.29) is 6.04 Å². The summed E-state index contributed by atoms with van der Waals surface area (Å²) in [5.74, 6) is 7.51. The zero-order chi connectivity index (χ0) is 19.7. The number of anilines is 2. The zero-order valence-electron chi connectivity index (χ0n) is 16.2. The topological polar surface area (TPSA) is 93.1 Å². The molecule has 4 rings (SSSR count). The molecule has 0 amide bonds. The van der Waals surface area contributed by atoms with Crippen molar-refractivity contribution in [3.8, 4) is 0 Å². The number of aromatic nitrogens is 2. The van der Waals surface area contributed by atoms with Crippen molar-refractivity contribution in [2.75, 3.05) is 10.3 Å². The average molecular weight is 395 g/mol. The van der Waals surface area contributed by atoms with E-state index < -0.39 is 0 Å². The van der Waals surface area contributed by atoms with Crippen molar-refractivity contribution < 1.29 is 0 Å². The second-order valence-corrected chi connectivity index (χ2v) is 8.39. The zero-order valence-corrected chi connectivity index (χ0v) is 17.0. The minimum absolute atomic E-state index is 0.107. The van der Waals surface area contributed by atoms with Gasteiger partial charge in [0.15, 0.2) is 0 Å². The van der Waals surface area contributed by atoms with E-state index in [1.54, 1.807) is 22.7 Å². The van der Waals surface area contributed by atoms with Crippen molar-refractivity contribution in [2.45, 2.75) is 39.2 Å². The van der Waals surface area contributed by atoms with Gasteiger partial charge in [0, 0.05) is 28.7 Å². The number of hydrogen-bond donors (Lipinski definition) is 3. The van der Waals surface area contributed by atoms with Crippen molar-refractivity contribution in [2.24, 2.45) is 17.5 Å². The Bertz CT molecular complexity index is 990. The van der Waals surface area contributed by atoms with Crippen LogP contribution in [0.4, 0.5) is 11.5 Å². The summed E-state index contributed by atoms with van der Waals surface area (Å²) in [4.78, 5) is 11.2. The largest absolute Gasteiger partial charge is 0.401 e. The molecule has 3 aromatic rings. The lowest BCUT2D eigenvalue weighted by atomic mass is 10.1. The number of hydrogen-bond acceptors (Lipinski definition) is 7. The van der Waals surface area contributed by atoms with E-state index in [9.17, 15) is 0 Å². The normalized spacial score (nSPS) is 15.6. The van der Waals surface area contributed by atoms with Gasteiger partial charge in [0.1, 0.15) is 17.0 Å². The van der Waals surface area contributed by atoms with Gasteiger partial charge in [-0.3, -0.25) is 5.01 Å². The van der Waals surface area contributed by atoms with E-state index >= 15 is 0 Å². The number of aryl methyl sites for hydroxylation is 1. The number of hydrazine groups is 1. The summed E-state index contributed by atoms with van der Waals surface area (Å²) in [5, 5.41) is 6.20. The van der Waals surface area contributed by atoms with Gasteiger partial charge in [-0.1, -0.05) is 19.1 Å². The summed E-state index contributed by atoms with van der Waals surface area (Å²) in [6.45, 7) is 4.28. The first-order valence-electron chi connectivity index (χ1n) is 9.66. The van der Waals surface area contributed by atoms with Gasteiger partial charge >= 0.3 is 0 Å². The molecule has 1 fully saturated rings. The fraction of sp³-hybridized carbons (Fsp3) is 0.333. The number of nitrogens with one attached hydrogen (secondary N) is 1. The lowest BCUT2D eigenvalue weighted by molar-refractivity contribution is 0.874. The van der Waals surface area contributed by atoms with Crippen molar-refractivity contribution in [1.82, 2.24) is 9.97 Å². The second kappa shape index (κ2) is 7.77. The molecule has 28 heavy (non-hydrogen) atoms. The lowest BCUT2D eigenvalue weighted by Crippen LogP contribution is -2.26. The molecule has 0 bridgehead atoms. The molecule has 0 spiro atoms. The molecule has 0 saturated heterocycles. The smallest absolute Gasteiger partial charge is 0.138 e. The molecule has 1 atom stereocenters. The monoisotopic (exact) mass is 394 g/mol. The fourth-order valence-electron chi connectivity index (χ4n) is 3.18. The van der Waals surface area contributed by atoms with E-state index in [4.69, 9.17) is 11.6 Å². The van der Waals surface area contributed by atoms with Crippen LogP contribution >= 0.6 is 11.3 Å². The molecular weight excluding hydrogens is 368 g/mol. The highest BCUT2D eigenvalue weighted by molar-refractivity contribution is 7.18. The fourth-order valence-corrected chi connectivity index (χ4v) is 4.11. The molecule has 1 unspecified atom stereocenters. The molecule has 1 aliphatic rings. The van der Waals surface area contributed by atoms with Gasteiger partial charge in [-0.25, -0.2) is 15.8 Å². The number of benzene rings is 1. The molecule has 146 valence electrons. The van der Waals surface area contributed by atoms with E-state index in [1.165, 1.54) is 17.7 Å². The highest BCUT2D eigenvalue weighted by Crippen LogP contribution is 2.34. The molecule has 2 aromatic heterocycles. The predicted molar refractivity (Wildman–Crippen MR) is 117 cm³/mol. The van der Waals surface area contributed by atoms with Crippen LogP contribution in [0.15, 0.2) is 48.6 Å². The maximum atomic E-state index is 6.13. The Morgan fingerprint density at radius 1 is 1.32 bits per heavy atom. The Balaban J connectivity index is 1.48. The first-order chi connectivity index (χ1) is 13.5. The van der Waals surface area contributed by atoms with Crippen LogP contribution in [0.1, 0.15) is 43.2 Å². The summed E-state index contributed by atoms with van der Waals surface area (Å²) < 4.78 is 0. The number of allylic oxidation sites excluding steroid dienone is 1. The van der Waals surface area contributed by atoms with Crippen LogP contribution in [0.3, 0.4) is 0 Å².